The highest BCUT2D eigenvalue weighted by molar-refractivity contribution is 7.99. The molecule has 1 heterocycles. The lowest BCUT2D eigenvalue weighted by Gasteiger charge is -2.26. The maximum Gasteiger partial charge on any atom is 0.0556 e. The Hall–Kier alpha value is 0.270. The summed E-state index contributed by atoms with van der Waals surface area (Å²) in [6, 6.07) is 0. The van der Waals surface area contributed by atoms with Gasteiger partial charge in [-0.25, -0.2) is 0 Å². The van der Waals surface area contributed by atoms with Crippen molar-refractivity contribution in [2.24, 2.45) is 11.8 Å². The zero-order valence-corrected chi connectivity index (χ0v) is 10.2. The summed E-state index contributed by atoms with van der Waals surface area (Å²) in [5.74, 6) is 4.16. The van der Waals surface area contributed by atoms with Crippen LogP contribution in [0, 0.1) is 11.8 Å². The molecular weight excluding hydrogens is 194 g/mol. The monoisotopic (exact) mass is 217 g/mol. The highest BCUT2D eigenvalue weighted by Crippen LogP contribution is 2.12. The van der Waals surface area contributed by atoms with Gasteiger partial charge in [0.05, 0.1) is 6.61 Å². The standard InChI is InChI=1S/C11H23NOS/c1-10(2)3-4-13-5-6-14-9-11-7-12-8-11/h10-12H,3-9H2,1-2H3. The fourth-order valence-electron chi connectivity index (χ4n) is 1.26. The maximum atomic E-state index is 5.54. The van der Waals surface area contributed by atoms with Crippen molar-refractivity contribution in [2.45, 2.75) is 20.3 Å². The molecule has 0 aromatic carbocycles. The van der Waals surface area contributed by atoms with Gasteiger partial charge in [0, 0.05) is 12.4 Å². The van der Waals surface area contributed by atoms with Crippen LogP contribution in [0.2, 0.25) is 0 Å². The van der Waals surface area contributed by atoms with Gasteiger partial charge in [-0.3, -0.25) is 0 Å². The zero-order chi connectivity index (χ0) is 10.2. The molecule has 1 N–H and O–H groups in total. The van der Waals surface area contributed by atoms with Crippen LogP contribution in [-0.2, 0) is 4.74 Å². The fraction of sp³-hybridized carbons (Fsp3) is 1.00. The summed E-state index contributed by atoms with van der Waals surface area (Å²) in [6.07, 6.45) is 1.19. The molecule has 14 heavy (non-hydrogen) atoms. The molecule has 0 atom stereocenters. The summed E-state index contributed by atoms with van der Waals surface area (Å²) in [6.45, 7) is 8.78. The van der Waals surface area contributed by atoms with Crippen LogP contribution in [0.15, 0.2) is 0 Å². The van der Waals surface area contributed by atoms with Crippen molar-refractivity contribution < 1.29 is 4.74 Å². The molecular formula is C11H23NOS. The first kappa shape index (κ1) is 12.3. The lowest BCUT2D eigenvalue weighted by Crippen LogP contribution is -2.43. The maximum absolute atomic E-state index is 5.54. The van der Waals surface area contributed by atoms with Crippen LogP contribution in [0.5, 0.6) is 0 Å². The van der Waals surface area contributed by atoms with Gasteiger partial charge >= 0.3 is 0 Å². The van der Waals surface area contributed by atoms with E-state index in [-0.39, 0.29) is 0 Å². The van der Waals surface area contributed by atoms with Crippen LogP contribution in [0.1, 0.15) is 20.3 Å². The van der Waals surface area contributed by atoms with E-state index in [1.54, 1.807) is 0 Å². The summed E-state index contributed by atoms with van der Waals surface area (Å²) in [5, 5.41) is 3.29. The number of ether oxygens (including phenoxy) is 1. The van der Waals surface area contributed by atoms with Gasteiger partial charge in [0.2, 0.25) is 0 Å². The van der Waals surface area contributed by atoms with Gasteiger partial charge in [-0.15, -0.1) is 0 Å². The van der Waals surface area contributed by atoms with Crippen LogP contribution in [-0.4, -0.2) is 37.8 Å². The van der Waals surface area contributed by atoms with Crippen LogP contribution >= 0.6 is 11.8 Å². The molecule has 0 bridgehead atoms. The van der Waals surface area contributed by atoms with E-state index in [0.717, 1.165) is 30.8 Å². The Morgan fingerprint density at radius 2 is 2.14 bits per heavy atom. The quantitative estimate of drug-likeness (QED) is 0.628. The average Bonchev–Trinajstić information content (AvgIpc) is 2.06. The third-order valence-electron chi connectivity index (χ3n) is 2.43. The van der Waals surface area contributed by atoms with Crippen molar-refractivity contribution in [3.8, 4) is 0 Å². The molecule has 0 aromatic heterocycles. The molecule has 1 rings (SSSR count). The number of hydrogen-bond donors (Lipinski definition) is 1. The van der Waals surface area contributed by atoms with E-state index in [1.807, 2.05) is 11.8 Å². The molecule has 0 spiro atoms. The fourth-order valence-corrected chi connectivity index (χ4v) is 2.23. The van der Waals surface area contributed by atoms with Gasteiger partial charge < -0.3 is 10.1 Å². The Kier molecular flexibility index (Phi) is 6.65. The van der Waals surface area contributed by atoms with Gasteiger partial charge in [0.25, 0.3) is 0 Å². The van der Waals surface area contributed by atoms with Crippen LogP contribution in [0.25, 0.3) is 0 Å². The third-order valence-corrected chi connectivity index (χ3v) is 3.59. The zero-order valence-electron chi connectivity index (χ0n) is 9.42. The van der Waals surface area contributed by atoms with E-state index >= 15 is 0 Å². The minimum atomic E-state index is 0.767. The molecule has 1 fully saturated rings. The Labute approximate surface area is 92.2 Å². The second kappa shape index (κ2) is 7.55. The Balaban J connectivity index is 1.71. The van der Waals surface area contributed by atoms with Crippen LogP contribution < -0.4 is 5.32 Å². The molecule has 0 aliphatic carbocycles. The number of nitrogens with one attached hydrogen (secondary N) is 1. The summed E-state index contributed by atoms with van der Waals surface area (Å²) in [4.78, 5) is 0. The SMILES string of the molecule is CC(C)CCOCCSCC1CNC1. The van der Waals surface area contributed by atoms with Crippen molar-refractivity contribution >= 4 is 11.8 Å². The van der Waals surface area contributed by atoms with E-state index in [0.29, 0.717) is 0 Å². The molecule has 0 radical (unpaired) electrons. The molecule has 1 saturated heterocycles. The van der Waals surface area contributed by atoms with Crippen molar-refractivity contribution in [1.82, 2.24) is 5.32 Å². The predicted octanol–water partition coefficient (Wildman–Crippen LogP) is 2.00. The highest BCUT2D eigenvalue weighted by Gasteiger charge is 2.15. The third kappa shape index (κ3) is 5.89. The smallest absolute Gasteiger partial charge is 0.0556 e. The van der Waals surface area contributed by atoms with Crippen molar-refractivity contribution in [3.05, 3.63) is 0 Å². The molecule has 0 aromatic rings. The Morgan fingerprint density at radius 3 is 2.71 bits per heavy atom. The first-order valence-corrected chi connectivity index (χ1v) is 6.80. The second-order valence-electron chi connectivity index (χ2n) is 4.39. The topological polar surface area (TPSA) is 21.3 Å². The summed E-state index contributed by atoms with van der Waals surface area (Å²) >= 11 is 2.03. The highest BCUT2D eigenvalue weighted by atomic mass is 32.2. The molecule has 2 nitrogen and oxygen atoms in total. The van der Waals surface area contributed by atoms with Crippen LogP contribution in [0.3, 0.4) is 0 Å². The molecule has 0 amide bonds. The predicted molar refractivity (Wildman–Crippen MR) is 64.0 cm³/mol. The largest absolute Gasteiger partial charge is 0.381 e. The van der Waals surface area contributed by atoms with E-state index in [2.05, 4.69) is 19.2 Å². The average molecular weight is 217 g/mol. The number of hydrogen-bond acceptors (Lipinski definition) is 3. The normalized spacial score (nSPS) is 17.4. The Morgan fingerprint density at radius 1 is 1.36 bits per heavy atom. The molecule has 0 unspecified atom stereocenters. The van der Waals surface area contributed by atoms with Crippen molar-refractivity contribution in [2.75, 3.05) is 37.8 Å². The second-order valence-corrected chi connectivity index (χ2v) is 5.54. The number of thioether (sulfide) groups is 1. The first-order chi connectivity index (χ1) is 6.79. The lowest BCUT2D eigenvalue weighted by molar-refractivity contribution is 0.138. The molecule has 84 valence electrons. The minimum Gasteiger partial charge on any atom is -0.381 e. The first-order valence-electron chi connectivity index (χ1n) is 5.65. The van der Waals surface area contributed by atoms with Crippen LogP contribution in [0.4, 0.5) is 0 Å². The number of rotatable bonds is 8. The van der Waals surface area contributed by atoms with E-state index in [9.17, 15) is 0 Å². The van der Waals surface area contributed by atoms with E-state index in [4.69, 9.17) is 4.74 Å². The lowest BCUT2D eigenvalue weighted by atomic mass is 10.1. The molecule has 0 saturated carbocycles. The minimum absolute atomic E-state index is 0.767. The molecule has 3 heteroatoms. The summed E-state index contributed by atoms with van der Waals surface area (Å²) in [5.41, 5.74) is 0. The molecule has 1 aliphatic rings. The molecule has 1 aliphatic heterocycles. The van der Waals surface area contributed by atoms with Gasteiger partial charge in [-0.2, -0.15) is 11.8 Å². The van der Waals surface area contributed by atoms with Crippen molar-refractivity contribution in [3.63, 3.8) is 0 Å². The van der Waals surface area contributed by atoms with E-state index in [1.165, 1.54) is 25.3 Å². The van der Waals surface area contributed by atoms with Gasteiger partial charge in [0.15, 0.2) is 0 Å². The van der Waals surface area contributed by atoms with Gasteiger partial charge in [0.1, 0.15) is 0 Å². The van der Waals surface area contributed by atoms with E-state index < -0.39 is 0 Å². The van der Waals surface area contributed by atoms with Gasteiger partial charge in [-0.1, -0.05) is 13.8 Å². The summed E-state index contributed by atoms with van der Waals surface area (Å²) in [7, 11) is 0. The Bertz CT molecular complexity index is 137. The van der Waals surface area contributed by atoms with Gasteiger partial charge in [-0.05, 0) is 37.1 Å². The van der Waals surface area contributed by atoms with Crippen molar-refractivity contribution in [1.29, 1.82) is 0 Å². The summed E-state index contributed by atoms with van der Waals surface area (Å²) < 4.78 is 5.54.